The van der Waals surface area contributed by atoms with E-state index in [-0.39, 0.29) is 12.1 Å². The number of thiocarbonyl (C=S) groups is 1. The summed E-state index contributed by atoms with van der Waals surface area (Å²) in [6, 6.07) is 20.8. The first-order chi connectivity index (χ1) is 13.6. The van der Waals surface area contributed by atoms with Crippen LogP contribution in [-0.2, 0) is 0 Å². The number of benzene rings is 1. The molecule has 1 saturated heterocycles. The molecule has 2 aromatic heterocycles. The zero-order chi connectivity index (χ0) is 19.5. The van der Waals surface area contributed by atoms with Crippen molar-refractivity contribution in [2.24, 2.45) is 0 Å². The van der Waals surface area contributed by atoms with Crippen molar-refractivity contribution in [3.8, 4) is 5.69 Å². The standard InChI is InChI=1S/C22H25N5S/c1-25(2)15-16-27-21(20(24-22(27)28)18-11-6-7-13-23-18)19-12-8-14-26(19)17-9-4-3-5-10-17/h3-14,20-21H,15-16H2,1-2H3,(H,24,28)/t20-,21-/m1/s1. The van der Waals surface area contributed by atoms with Crippen molar-refractivity contribution in [2.45, 2.75) is 12.1 Å². The van der Waals surface area contributed by atoms with Gasteiger partial charge in [-0.05, 0) is 62.7 Å². The average molecular weight is 392 g/mol. The van der Waals surface area contributed by atoms with E-state index in [2.05, 4.69) is 87.4 Å². The Morgan fingerprint density at radius 1 is 1.04 bits per heavy atom. The van der Waals surface area contributed by atoms with Crippen LogP contribution in [0.1, 0.15) is 23.5 Å². The smallest absolute Gasteiger partial charge is 0.170 e. The van der Waals surface area contributed by atoms with Gasteiger partial charge in [0.1, 0.15) is 0 Å². The molecule has 0 amide bonds. The molecule has 6 heteroatoms. The Hall–Kier alpha value is -2.70. The van der Waals surface area contributed by atoms with Gasteiger partial charge in [-0.3, -0.25) is 4.98 Å². The average Bonchev–Trinajstić information content (AvgIpc) is 3.32. The molecule has 1 N–H and O–H groups in total. The predicted octanol–water partition coefficient (Wildman–Crippen LogP) is 3.41. The first-order valence-electron chi connectivity index (χ1n) is 9.50. The van der Waals surface area contributed by atoms with E-state index in [0.29, 0.717) is 0 Å². The Bertz CT molecular complexity index is 922. The maximum absolute atomic E-state index is 5.74. The van der Waals surface area contributed by atoms with E-state index in [1.54, 1.807) is 0 Å². The van der Waals surface area contributed by atoms with Gasteiger partial charge in [0.2, 0.25) is 0 Å². The minimum atomic E-state index is 0.00762. The molecule has 1 aromatic carbocycles. The topological polar surface area (TPSA) is 36.3 Å². The van der Waals surface area contributed by atoms with Crippen molar-refractivity contribution in [2.75, 3.05) is 27.2 Å². The predicted molar refractivity (Wildman–Crippen MR) is 116 cm³/mol. The first kappa shape index (κ1) is 18.7. The molecule has 144 valence electrons. The molecule has 0 aliphatic carbocycles. The maximum atomic E-state index is 5.74. The molecule has 3 heterocycles. The largest absolute Gasteiger partial charge is 0.352 e. The van der Waals surface area contributed by atoms with Crippen LogP contribution in [0.25, 0.3) is 5.69 Å². The number of nitrogens with one attached hydrogen (secondary N) is 1. The van der Waals surface area contributed by atoms with E-state index in [9.17, 15) is 0 Å². The normalized spacial score (nSPS) is 19.2. The van der Waals surface area contributed by atoms with Gasteiger partial charge >= 0.3 is 0 Å². The van der Waals surface area contributed by atoms with Crippen molar-refractivity contribution in [3.63, 3.8) is 0 Å². The maximum Gasteiger partial charge on any atom is 0.170 e. The van der Waals surface area contributed by atoms with Crippen LogP contribution in [0.5, 0.6) is 0 Å². The number of hydrogen-bond acceptors (Lipinski definition) is 3. The van der Waals surface area contributed by atoms with Crippen LogP contribution >= 0.6 is 12.2 Å². The zero-order valence-corrected chi connectivity index (χ0v) is 17.0. The SMILES string of the molecule is CN(C)CCN1C(=S)N[C@H](c2ccccn2)[C@H]1c1cccn1-c1ccccc1. The Morgan fingerprint density at radius 2 is 1.82 bits per heavy atom. The molecule has 1 aliphatic rings. The van der Waals surface area contributed by atoms with Crippen LogP contribution in [0.3, 0.4) is 0 Å². The molecule has 4 rings (SSSR count). The van der Waals surface area contributed by atoms with Gasteiger partial charge in [-0.1, -0.05) is 24.3 Å². The number of rotatable bonds is 6. The second-order valence-corrected chi connectivity index (χ2v) is 7.65. The fourth-order valence-corrected chi connectivity index (χ4v) is 4.07. The van der Waals surface area contributed by atoms with E-state index in [4.69, 9.17) is 12.2 Å². The van der Waals surface area contributed by atoms with Crippen molar-refractivity contribution < 1.29 is 0 Å². The first-order valence-corrected chi connectivity index (χ1v) is 9.91. The molecular weight excluding hydrogens is 366 g/mol. The lowest BCUT2D eigenvalue weighted by molar-refractivity contribution is 0.272. The third-order valence-electron chi connectivity index (χ3n) is 5.10. The Labute approximate surface area is 171 Å². The zero-order valence-electron chi connectivity index (χ0n) is 16.2. The number of para-hydroxylation sites is 1. The van der Waals surface area contributed by atoms with E-state index >= 15 is 0 Å². The van der Waals surface area contributed by atoms with Crippen LogP contribution < -0.4 is 5.32 Å². The highest BCUT2D eigenvalue weighted by molar-refractivity contribution is 7.80. The second kappa shape index (κ2) is 8.12. The van der Waals surface area contributed by atoms with Gasteiger partial charge in [0.25, 0.3) is 0 Å². The van der Waals surface area contributed by atoms with Crippen molar-refractivity contribution in [3.05, 3.63) is 84.4 Å². The van der Waals surface area contributed by atoms with Gasteiger partial charge in [-0.25, -0.2) is 0 Å². The van der Waals surface area contributed by atoms with Gasteiger partial charge in [0.15, 0.2) is 5.11 Å². The summed E-state index contributed by atoms with van der Waals surface area (Å²) in [5.74, 6) is 0. The Kier molecular flexibility index (Phi) is 5.41. The van der Waals surface area contributed by atoms with Crippen LogP contribution in [0, 0.1) is 0 Å². The molecule has 2 atom stereocenters. The summed E-state index contributed by atoms with van der Waals surface area (Å²) in [4.78, 5) is 9.10. The molecule has 0 radical (unpaired) electrons. The lowest BCUT2D eigenvalue weighted by Gasteiger charge is -2.29. The lowest BCUT2D eigenvalue weighted by atomic mass is 10.0. The number of hydrogen-bond donors (Lipinski definition) is 1. The van der Waals surface area contributed by atoms with E-state index < -0.39 is 0 Å². The molecule has 1 fully saturated rings. The Morgan fingerprint density at radius 3 is 2.54 bits per heavy atom. The van der Waals surface area contributed by atoms with E-state index in [1.807, 2.05) is 24.4 Å². The summed E-state index contributed by atoms with van der Waals surface area (Å²) in [6.07, 6.45) is 3.96. The Balaban J connectivity index is 1.77. The molecule has 0 unspecified atom stereocenters. The monoisotopic (exact) mass is 391 g/mol. The van der Waals surface area contributed by atoms with E-state index in [1.165, 1.54) is 5.69 Å². The number of aromatic nitrogens is 2. The van der Waals surface area contributed by atoms with Gasteiger partial charge in [-0.15, -0.1) is 0 Å². The third kappa shape index (κ3) is 3.66. The molecule has 3 aromatic rings. The molecule has 28 heavy (non-hydrogen) atoms. The molecule has 0 bridgehead atoms. The molecule has 1 aliphatic heterocycles. The minimum Gasteiger partial charge on any atom is -0.352 e. The number of likely N-dealkylation sites (N-methyl/N-ethyl adjacent to an activating group) is 1. The fraction of sp³-hybridized carbons (Fsp3) is 0.273. The quantitative estimate of drug-likeness (QED) is 0.652. The van der Waals surface area contributed by atoms with Gasteiger partial charge in [0.05, 0.1) is 17.8 Å². The molecule has 0 saturated carbocycles. The van der Waals surface area contributed by atoms with Crippen LogP contribution in [0.2, 0.25) is 0 Å². The van der Waals surface area contributed by atoms with Crippen molar-refractivity contribution in [1.82, 2.24) is 24.7 Å². The third-order valence-corrected chi connectivity index (χ3v) is 5.46. The number of pyridine rings is 1. The summed E-state index contributed by atoms with van der Waals surface area (Å²) in [7, 11) is 4.18. The minimum absolute atomic E-state index is 0.00762. The van der Waals surface area contributed by atoms with Gasteiger partial charge in [0, 0.05) is 36.9 Å². The highest BCUT2D eigenvalue weighted by Gasteiger charge is 2.41. The van der Waals surface area contributed by atoms with Gasteiger partial charge in [-0.2, -0.15) is 0 Å². The highest BCUT2D eigenvalue weighted by atomic mass is 32.1. The second-order valence-electron chi connectivity index (χ2n) is 7.26. The summed E-state index contributed by atoms with van der Waals surface area (Å²) in [6.45, 7) is 1.78. The molecule has 5 nitrogen and oxygen atoms in total. The van der Waals surface area contributed by atoms with E-state index in [0.717, 1.165) is 29.6 Å². The number of nitrogens with zero attached hydrogens (tertiary/aromatic N) is 4. The lowest BCUT2D eigenvalue weighted by Crippen LogP contribution is -2.36. The summed E-state index contributed by atoms with van der Waals surface area (Å²) in [5, 5.41) is 4.30. The summed E-state index contributed by atoms with van der Waals surface area (Å²) >= 11 is 5.74. The van der Waals surface area contributed by atoms with Crippen molar-refractivity contribution in [1.29, 1.82) is 0 Å². The fourth-order valence-electron chi connectivity index (χ4n) is 3.73. The van der Waals surface area contributed by atoms with Crippen molar-refractivity contribution >= 4 is 17.3 Å². The molecular formula is C22H25N5S. The van der Waals surface area contributed by atoms with Gasteiger partial charge < -0.3 is 19.7 Å². The highest BCUT2D eigenvalue weighted by Crippen LogP contribution is 2.39. The van der Waals surface area contributed by atoms with Crippen LogP contribution in [0.15, 0.2) is 73.1 Å². The van der Waals surface area contributed by atoms with Crippen LogP contribution in [0.4, 0.5) is 0 Å². The summed E-state index contributed by atoms with van der Waals surface area (Å²) < 4.78 is 2.25. The molecule has 0 spiro atoms. The summed E-state index contributed by atoms with van der Waals surface area (Å²) in [5.41, 5.74) is 3.35. The van der Waals surface area contributed by atoms with Crippen LogP contribution in [-0.4, -0.2) is 51.6 Å².